The number of carbonyl (C=O) groups excluding carboxylic acids is 2. The lowest BCUT2D eigenvalue weighted by Gasteiger charge is -2.07. The number of benzene rings is 1. The fourth-order valence-electron chi connectivity index (χ4n) is 1.48. The van der Waals surface area contributed by atoms with Crippen molar-refractivity contribution < 1.29 is 14.5 Å². The number of nitrogens with two attached hydrogens (primary N) is 1. The average molecular weight is 264 g/mol. The van der Waals surface area contributed by atoms with E-state index in [0.717, 1.165) is 18.9 Å². The fourth-order valence-corrected chi connectivity index (χ4v) is 1.48. The third kappa shape index (κ3) is 2.97. The van der Waals surface area contributed by atoms with E-state index >= 15 is 0 Å². The van der Waals surface area contributed by atoms with Gasteiger partial charge in [0, 0.05) is 17.5 Å². The molecule has 0 aliphatic heterocycles. The van der Waals surface area contributed by atoms with Crippen molar-refractivity contribution in [2.75, 3.05) is 5.73 Å². The number of hydrazine groups is 1. The molecule has 0 heterocycles. The molecule has 0 aromatic heterocycles. The minimum absolute atomic E-state index is 0.0245. The second kappa shape index (κ2) is 4.92. The van der Waals surface area contributed by atoms with Crippen LogP contribution < -0.4 is 16.6 Å². The normalized spacial score (nSPS) is 13.7. The molecule has 100 valence electrons. The SMILES string of the molecule is Nc1ccc(C(=O)NNC(=O)C2CC2)cc1[N+](=O)[O-]. The highest BCUT2D eigenvalue weighted by molar-refractivity contribution is 5.96. The topological polar surface area (TPSA) is 127 Å². The summed E-state index contributed by atoms with van der Waals surface area (Å²) in [5.74, 6) is -0.920. The molecule has 0 radical (unpaired) electrons. The summed E-state index contributed by atoms with van der Waals surface area (Å²) in [5.41, 5.74) is 9.57. The van der Waals surface area contributed by atoms with E-state index in [1.54, 1.807) is 0 Å². The van der Waals surface area contributed by atoms with E-state index in [1.165, 1.54) is 12.1 Å². The Morgan fingerprint density at radius 1 is 1.32 bits per heavy atom. The lowest BCUT2D eigenvalue weighted by molar-refractivity contribution is -0.383. The Labute approximate surface area is 108 Å². The Morgan fingerprint density at radius 2 is 2.00 bits per heavy atom. The van der Waals surface area contributed by atoms with Crippen LogP contribution in [0.5, 0.6) is 0 Å². The molecule has 0 atom stereocenters. The molecule has 4 N–H and O–H groups in total. The average Bonchev–Trinajstić information content (AvgIpc) is 3.20. The molecule has 0 saturated heterocycles. The van der Waals surface area contributed by atoms with Crippen molar-refractivity contribution in [1.82, 2.24) is 10.9 Å². The minimum atomic E-state index is -0.672. The van der Waals surface area contributed by atoms with Crippen molar-refractivity contribution in [2.45, 2.75) is 12.8 Å². The summed E-state index contributed by atoms with van der Waals surface area (Å²) in [6.07, 6.45) is 1.63. The summed E-state index contributed by atoms with van der Waals surface area (Å²) in [6, 6.07) is 3.69. The first-order valence-electron chi connectivity index (χ1n) is 5.63. The summed E-state index contributed by atoms with van der Waals surface area (Å²) in [5, 5.41) is 10.7. The van der Waals surface area contributed by atoms with Crippen molar-refractivity contribution in [1.29, 1.82) is 0 Å². The number of hydrogen-bond acceptors (Lipinski definition) is 5. The molecule has 0 unspecified atom stereocenters. The first kappa shape index (κ1) is 12.8. The number of nitrogen functional groups attached to an aromatic ring is 1. The van der Waals surface area contributed by atoms with Crippen molar-refractivity contribution in [3.63, 3.8) is 0 Å². The summed E-state index contributed by atoms with van der Waals surface area (Å²) in [6.45, 7) is 0. The predicted molar refractivity (Wildman–Crippen MR) is 65.8 cm³/mol. The van der Waals surface area contributed by atoms with Crippen molar-refractivity contribution in [3.8, 4) is 0 Å². The maximum absolute atomic E-state index is 11.7. The summed E-state index contributed by atoms with van der Waals surface area (Å²) < 4.78 is 0. The van der Waals surface area contributed by atoms with Gasteiger partial charge in [-0.15, -0.1) is 0 Å². The first-order valence-corrected chi connectivity index (χ1v) is 5.63. The van der Waals surface area contributed by atoms with Crippen molar-refractivity contribution in [3.05, 3.63) is 33.9 Å². The van der Waals surface area contributed by atoms with Crippen molar-refractivity contribution >= 4 is 23.2 Å². The highest BCUT2D eigenvalue weighted by Crippen LogP contribution is 2.28. The Balaban J connectivity index is 2.04. The van der Waals surface area contributed by atoms with Crippen LogP contribution in [0.15, 0.2) is 18.2 Å². The summed E-state index contributed by atoms with van der Waals surface area (Å²) in [7, 11) is 0. The Bertz CT molecular complexity index is 554. The molecule has 1 aliphatic rings. The van der Waals surface area contributed by atoms with Gasteiger partial charge in [-0.1, -0.05) is 0 Å². The second-order valence-electron chi connectivity index (χ2n) is 4.25. The number of carbonyl (C=O) groups is 2. The highest BCUT2D eigenvalue weighted by Gasteiger charge is 2.29. The Hall–Kier alpha value is -2.64. The van der Waals surface area contributed by atoms with Gasteiger partial charge in [0.2, 0.25) is 5.91 Å². The number of nitrogens with one attached hydrogen (secondary N) is 2. The zero-order chi connectivity index (χ0) is 14.0. The number of anilines is 1. The van der Waals surface area contributed by atoms with E-state index in [4.69, 9.17) is 5.73 Å². The number of hydrogen-bond donors (Lipinski definition) is 3. The number of nitro groups is 1. The van der Waals surface area contributed by atoms with E-state index in [2.05, 4.69) is 10.9 Å². The molecule has 19 heavy (non-hydrogen) atoms. The molecule has 8 heteroatoms. The molecule has 1 fully saturated rings. The maximum Gasteiger partial charge on any atom is 0.292 e. The molecule has 0 spiro atoms. The van der Waals surface area contributed by atoms with E-state index in [9.17, 15) is 19.7 Å². The molecule has 2 amide bonds. The van der Waals surface area contributed by atoms with Gasteiger partial charge in [-0.25, -0.2) is 0 Å². The third-order valence-electron chi connectivity index (χ3n) is 2.74. The summed E-state index contributed by atoms with van der Waals surface area (Å²) in [4.78, 5) is 33.0. The quantitative estimate of drug-likeness (QED) is 0.412. The lowest BCUT2D eigenvalue weighted by Crippen LogP contribution is -2.42. The van der Waals surface area contributed by atoms with Gasteiger partial charge >= 0.3 is 0 Å². The molecule has 1 aliphatic carbocycles. The van der Waals surface area contributed by atoms with Gasteiger partial charge in [0.1, 0.15) is 5.69 Å². The van der Waals surface area contributed by atoms with Crippen LogP contribution >= 0.6 is 0 Å². The van der Waals surface area contributed by atoms with E-state index in [0.29, 0.717) is 0 Å². The van der Waals surface area contributed by atoms with Gasteiger partial charge in [0.25, 0.3) is 11.6 Å². The third-order valence-corrected chi connectivity index (χ3v) is 2.74. The largest absolute Gasteiger partial charge is 0.393 e. The van der Waals surface area contributed by atoms with Crippen molar-refractivity contribution in [2.24, 2.45) is 5.92 Å². The zero-order valence-corrected chi connectivity index (χ0v) is 9.88. The standard InChI is InChI=1S/C11H12N4O4/c12-8-4-3-7(5-9(8)15(18)19)11(17)14-13-10(16)6-1-2-6/h3-6H,1-2,12H2,(H,13,16)(H,14,17). The molecular weight excluding hydrogens is 252 g/mol. The lowest BCUT2D eigenvalue weighted by atomic mass is 10.1. The van der Waals surface area contributed by atoms with Gasteiger partial charge < -0.3 is 5.73 Å². The second-order valence-corrected chi connectivity index (χ2v) is 4.25. The maximum atomic E-state index is 11.7. The van der Waals surface area contributed by atoms with Gasteiger partial charge in [0.15, 0.2) is 0 Å². The van der Waals surface area contributed by atoms with E-state index < -0.39 is 10.8 Å². The molecule has 2 rings (SSSR count). The van der Waals surface area contributed by atoms with Crippen LogP contribution in [0.4, 0.5) is 11.4 Å². The summed E-state index contributed by atoms with van der Waals surface area (Å²) >= 11 is 0. The van der Waals surface area contributed by atoms with E-state index in [1.807, 2.05) is 0 Å². The number of amides is 2. The van der Waals surface area contributed by atoms with Crippen LogP contribution in [0, 0.1) is 16.0 Å². The fraction of sp³-hybridized carbons (Fsp3) is 0.273. The van der Waals surface area contributed by atoms with Crippen LogP contribution in [-0.2, 0) is 4.79 Å². The Kier molecular flexibility index (Phi) is 3.32. The highest BCUT2D eigenvalue weighted by atomic mass is 16.6. The smallest absolute Gasteiger partial charge is 0.292 e. The molecular formula is C11H12N4O4. The predicted octanol–water partition coefficient (Wildman–Crippen LogP) is 0.348. The zero-order valence-electron chi connectivity index (χ0n) is 9.88. The van der Waals surface area contributed by atoms with Gasteiger partial charge in [-0.2, -0.15) is 0 Å². The number of nitrogens with zero attached hydrogens (tertiary/aromatic N) is 1. The van der Waals surface area contributed by atoms with Gasteiger partial charge in [-0.3, -0.25) is 30.6 Å². The molecule has 1 aromatic carbocycles. The van der Waals surface area contributed by atoms with Crippen LogP contribution in [0.3, 0.4) is 0 Å². The first-order chi connectivity index (χ1) is 8.99. The molecule has 8 nitrogen and oxygen atoms in total. The van der Waals surface area contributed by atoms with Gasteiger partial charge in [0.05, 0.1) is 4.92 Å². The van der Waals surface area contributed by atoms with Crippen LogP contribution in [0.1, 0.15) is 23.2 Å². The van der Waals surface area contributed by atoms with Gasteiger partial charge in [-0.05, 0) is 25.0 Å². The number of rotatable bonds is 3. The van der Waals surface area contributed by atoms with Crippen LogP contribution in [0.25, 0.3) is 0 Å². The molecule has 1 saturated carbocycles. The minimum Gasteiger partial charge on any atom is -0.393 e. The number of nitro benzene ring substituents is 1. The Morgan fingerprint density at radius 3 is 2.58 bits per heavy atom. The monoisotopic (exact) mass is 264 g/mol. The van der Waals surface area contributed by atoms with E-state index in [-0.39, 0.29) is 28.8 Å². The molecule has 0 bridgehead atoms. The van der Waals surface area contributed by atoms with Crippen LogP contribution in [0.2, 0.25) is 0 Å². The molecule has 1 aromatic rings. The van der Waals surface area contributed by atoms with Crippen LogP contribution in [-0.4, -0.2) is 16.7 Å².